The Morgan fingerprint density at radius 2 is 1.93 bits per heavy atom. The Balaban J connectivity index is 1.42. The van der Waals surface area contributed by atoms with Crippen molar-refractivity contribution in [3.05, 3.63) is 58.9 Å². The summed E-state index contributed by atoms with van der Waals surface area (Å²) >= 11 is 6.03. The maximum Gasteiger partial charge on any atom is 0.313 e. The van der Waals surface area contributed by atoms with E-state index in [0.717, 1.165) is 18.4 Å². The van der Waals surface area contributed by atoms with Crippen LogP contribution in [0.25, 0.3) is 0 Å². The number of carbonyl (C=O) groups is 3. The molecule has 7 nitrogen and oxygen atoms in total. The van der Waals surface area contributed by atoms with Gasteiger partial charge < -0.3 is 15.5 Å². The summed E-state index contributed by atoms with van der Waals surface area (Å²) in [5.74, 6) is -1.22. The number of benzene rings is 1. The van der Waals surface area contributed by atoms with Gasteiger partial charge in [0.25, 0.3) is 5.91 Å². The van der Waals surface area contributed by atoms with Gasteiger partial charge in [-0.15, -0.1) is 0 Å². The third kappa shape index (κ3) is 5.54. The number of likely N-dealkylation sites (tertiary alicyclic amines) is 1. The van der Waals surface area contributed by atoms with Crippen LogP contribution in [0.4, 0.5) is 5.69 Å². The number of hydrogen-bond acceptors (Lipinski definition) is 4. The Labute approximate surface area is 174 Å². The van der Waals surface area contributed by atoms with Crippen LogP contribution in [0.5, 0.6) is 0 Å². The highest BCUT2D eigenvalue weighted by atomic mass is 35.5. The van der Waals surface area contributed by atoms with Crippen molar-refractivity contribution < 1.29 is 14.4 Å². The second-order valence-corrected chi connectivity index (χ2v) is 7.51. The topological polar surface area (TPSA) is 91.4 Å². The first-order chi connectivity index (χ1) is 13.9. The van der Waals surface area contributed by atoms with E-state index in [1.54, 1.807) is 47.6 Å². The van der Waals surface area contributed by atoms with E-state index >= 15 is 0 Å². The predicted octanol–water partition coefficient (Wildman–Crippen LogP) is 2.65. The summed E-state index contributed by atoms with van der Waals surface area (Å²) in [6.45, 7) is 3.48. The number of amides is 3. The maximum absolute atomic E-state index is 12.4. The van der Waals surface area contributed by atoms with Crippen molar-refractivity contribution in [2.24, 2.45) is 5.92 Å². The van der Waals surface area contributed by atoms with Gasteiger partial charge in [0.05, 0.1) is 5.56 Å². The van der Waals surface area contributed by atoms with Crippen LogP contribution in [-0.4, -0.2) is 47.2 Å². The molecule has 0 atom stereocenters. The fraction of sp³-hybridized carbons (Fsp3) is 0.333. The molecule has 8 heteroatoms. The minimum absolute atomic E-state index is 0.0308. The molecule has 0 aliphatic carbocycles. The Hall–Kier alpha value is -2.93. The molecule has 1 saturated heterocycles. The van der Waals surface area contributed by atoms with Gasteiger partial charge in [-0.1, -0.05) is 17.7 Å². The van der Waals surface area contributed by atoms with Gasteiger partial charge in [-0.25, -0.2) is 0 Å². The van der Waals surface area contributed by atoms with Crippen molar-refractivity contribution in [2.45, 2.75) is 19.8 Å². The third-order valence-electron chi connectivity index (χ3n) is 5.00. The van der Waals surface area contributed by atoms with Crippen molar-refractivity contribution in [3.8, 4) is 0 Å². The number of piperidine rings is 1. The second kappa shape index (κ2) is 9.52. The average molecular weight is 415 g/mol. The molecule has 0 radical (unpaired) electrons. The normalized spacial score (nSPS) is 14.3. The van der Waals surface area contributed by atoms with Crippen LogP contribution in [0.3, 0.4) is 0 Å². The standard InChI is InChI=1S/C21H23ClN4O3/c1-14-4-5-17(11-18(14)22)25-20(28)19(27)24-12-15-6-9-26(10-7-15)21(29)16-3-2-8-23-13-16/h2-5,8,11,13,15H,6-7,9-10,12H2,1H3,(H,24,27)(H,25,28). The largest absolute Gasteiger partial charge is 0.348 e. The van der Waals surface area contributed by atoms with Gasteiger partial charge in [0.2, 0.25) is 0 Å². The highest BCUT2D eigenvalue weighted by Crippen LogP contribution is 2.20. The third-order valence-corrected chi connectivity index (χ3v) is 5.40. The summed E-state index contributed by atoms with van der Waals surface area (Å²) < 4.78 is 0. The Kier molecular flexibility index (Phi) is 6.82. The fourth-order valence-corrected chi connectivity index (χ4v) is 3.37. The van der Waals surface area contributed by atoms with Crippen LogP contribution in [0.1, 0.15) is 28.8 Å². The lowest BCUT2D eigenvalue weighted by Gasteiger charge is -2.32. The Morgan fingerprint density at radius 1 is 1.17 bits per heavy atom. The SMILES string of the molecule is Cc1ccc(NC(=O)C(=O)NCC2CCN(C(=O)c3cccnc3)CC2)cc1Cl. The van der Waals surface area contributed by atoms with Crippen molar-refractivity contribution >= 4 is 35.0 Å². The fourth-order valence-electron chi connectivity index (χ4n) is 3.19. The Morgan fingerprint density at radius 3 is 2.59 bits per heavy atom. The maximum atomic E-state index is 12.4. The molecule has 1 fully saturated rings. The molecule has 0 unspecified atom stereocenters. The van der Waals surface area contributed by atoms with Crippen molar-refractivity contribution in [1.82, 2.24) is 15.2 Å². The molecule has 152 valence electrons. The molecule has 1 aliphatic heterocycles. The molecule has 0 spiro atoms. The van der Waals surface area contributed by atoms with Gasteiger partial charge in [-0.2, -0.15) is 0 Å². The van der Waals surface area contributed by atoms with E-state index in [1.165, 1.54) is 0 Å². The molecule has 2 N–H and O–H groups in total. The first kappa shape index (κ1) is 20.8. The highest BCUT2D eigenvalue weighted by molar-refractivity contribution is 6.39. The predicted molar refractivity (Wildman–Crippen MR) is 111 cm³/mol. The van der Waals surface area contributed by atoms with E-state index in [0.29, 0.717) is 35.9 Å². The lowest BCUT2D eigenvalue weighted by atomic mass is 9.96. The summed E-state index contributed by atoms with van der Waals surface area (Å²) in [5, 5.41) is 5.74. The summed E-state index contributed by atoms with van der Waals surface area (Å²) in [6.07, 6.45) is 4.73. The molecule has 0 bridgehead atoms. The van der Waals surface area contributed by atoms with Crippen LogP contribution < -0.4 is 10.6 Å². The number of nitrogens with zero attached hydrogens (tertiary/aromatic N) is 2. The number of aryl methyl sites for hydroxylation is 1. The van der Waals surface area contributed by atoms with Crippen molar-refractivity contribution in [1.29, 1.82) is 0 Å². The first-order valence-electron chi connectivity index (χ1n) is 9.48. The molecule has 1 aromatic carbocycles. The van der Waals surface area contributed by atoms with Gasteiger partial charge in [0, 0.05) is 42.7 Å². The smallest absolute Gasteiger partial charge is 0.313 e. The zero-order valence-corrected chi connectivity index (χ0v) is 16.9. The summed E-state index contributed by atoms with van der Waals surface area (Å²) in [6, 6.07) is 8.57. The summed E-state index contributed by atoms with van der Waals surface area (Å²) in [4.78, 5) is 42.3. The van der Waals surface area contributed by atoms with E-state index in [4.69, 9.17) is 11.6 Å². The van der Waals surface area contributed by atoms with Crippen LogP contribution >= 0.6 is 11.6 Å². The lowest BCUT2D eigenvalue weighted by Crippen LogP contribution is -2.43. The van der Waals surface area contributed by atoms with Crippen molar-refractivity contribution in [3.63, 3.8) is 0 Å². The number of aromatic nitrogens is 1. The summed E-state index contributed by atoms with van der Waals surface area (Å²) in [7, 11) is 0. The van der Waals surface area contributed by atoms with E-state index < -0.39 is 11.8 Å². The molecule has 3 rings (SSSR count). The number of pyridine rings is 1. The zero-order valence-electron chi connectivity index (χ0n) is 16.2. The minimum atomic E-state index is -0.728. The number of carbonyl (C=O) groups excluding carboxylic acids is 3. The molecule has 1 aliphatic rings. The molecular weight excluding hydrogens is 392 g/mol. The van der Waals surface area contributed by atoms with Crippen molar-refractivity contribution in [2.75, 3.05) is 25.0 Å². The molecule has 1 aromatic heterocycles. The van der Waals surface area contributed by atoms with E-state index in [-0.39, 0.29) is 11.8 Å². The van der Waals surface area contributed by atoms with Gasteiger partial charge >= 0.3 is 11.8 Å². The number of nitrogens with one attached hydrogen (secondary N) is 2. The average Bonchev–Trinajstić information content (AvgIpc) is 2.75. The zero-order chi connectivity index (χ0) is 20.8. The number of anilines is 1. The van der Waals surface area contributed by atoms with Crippen LogP contribution in [0.15, 0.2) is 42.7 Å². The molecule has 2 heterocycles. The van der Waals surface area contributed by atoms with Crippen LogP contribution in [-0.2, 0) is 9.59 Å². The number of halogens is 1. The van der Waals surface area contributed by atoms with Gasteiger partial charge in [0.15, 0.2) is 0 Å². The van der Waals surface area contributed by atoms with Crippen LogP contribution in [0.2, 0.25) is 5.02 Å². The highest BCUT2D eigenvalue weighted by Gasteiger charge is 2.24. The minimum Gasteiger partial charge on any atom is -0.348 e. The quantitative estimate of drug-likeness (QED) is 0.752. The van der Waals surface area contributed by atoms with Crippen LogP contribution in [0, 0.1) is 12.8 Å². The molecular formula is C21H23ClN4O3. The molecule has 0 saturated carbocycles. The van der Waals surface area contributed by atoms with E-state index in [2.05, 4.69) is 15.6 Å². The van der Waals surface area contributed by atoms with Gasteiger partial charge in [-0.05, 0) is 55.5 Å². The lowest BCUT2D eigenvalue weighted by molar-refractivity contribution is -0.136. The number of rotatable bonds is 4. The van der Waals surface area contributed by atoms with E-state index in [1.807, 2.05) is 6.92 Å². The summed E-state index contributed by atoms with van der Waals surface area (Å²) in [5.41, 5.74) is 1.94. The number of hydrogen-bond donors (Lipinski definition) is 2. The molecule has 2 aromatic rings. The first-order valence-corrected chi connectivity index (χ1v) is 9.86. The van der Waals surface area contributed by atoms with Gasteiger partial charge in [0.1, 0.15) is 0 Å². The van der Waals surface area contributed by atoms with Gasteiger partial charge in [-0.3, -0.25) is 19.4 Å². The molecule has 3 amide bonds. The van der Waals surface area contributed by atoms with E-state index in [9.17, 15) is 14.4 Å². The Bertz CT molecular complexity index is 896. The second-order valence-electron chi connectivity index (χ2n) is 7.11. The molecule has 29 heavy (non-hydrogen) atoms. The monoisotopic (exact) mass is 414 g/mol.